The molecular weight excluding hydrogens is 338 g/mol. The first-order valence-electron chi connectivity index (χ1n) is 10.4. The molecule has 0 bridgehead atoms. The van der Waals surface area contributed by atoms with Gasteiger partial charge >= 0.3 is 0 Å². The fourth-order valence-electron chi connectivity index (χ4n) is 4.82. The molecule has 4 rings (SSSR count). The minimum Gasteiger partial charge on any atom is -0.396 e. The fourth-order valence-corrected chi connectivity index (χ4v) is 4.82. The maximum atomic E-state index is 13.2. The summed E-state index contributed by atoms with van der Waals surface area (Å²) in [4.78, 5) is 21.0. The molecule has 0 aliphatic carbocycles. The van der Waals surface area contributed by atoms with Crippen LogP contribution in [0, 0.1) is 18.8 Å². The lowest BCUT2D eigenvalue weighted by molar-refractivity contribution is 0.0773. The second kappa shape index (κ2) is 8.03. The van der Waals surface area contributed by atoms with Crippen LogP contribution in [0.1, 0.15) is 41.7 Å². The first-order chi connectivity index (χ1) is 13.2. The van der Waals surface area contributed by atoms with Crippen molar-refractivity contribution >= 4 is 16.8 Å². The first kappa shape index (κ1) is 18.5. The van der Waals surface area contributed by atoms with Crippen LogP contribution in [0.4, 0.5) is 0 Å². The Morgan fingerprint density at radius 2 is 1.81 bits per heavy atom. The number of benzene rings is 1. The molecule has 0 spiro atoms. The average Bonchev–Trinajstić information content (AvgIpc) is 3.13. The van der Waals surface area contributed by atoms with Gasteiger partial charge < -0.3 is 19.9 Å². The van der Waals surface area contributed by atoms with Gasteiger partial charge in [0.2, 0.25) is 0 Å². The number of aromatic nitrogens is 1. The monoisotopic (exact) mass is 369 g/mol. The van der Waals surface area contributed by atoms with Crippen molar-refractivity contribution in [2.24, 2.45) is 11.8 Å². The Kier molecular flexibility index (Phi) is 5.50. The summed E-state index contributed by atoms with van der Waals surface area (Å²) in [6, 6.07) is 8.07. The van der Waals surface area contributed by atoms with E-state index in [0.29, 0.717) is 18.2 Å². The molecule has 2 aliphatic heterocycles. The summed E-state index contributed by atoms with van der Waals surface area (Å²) >= 11 is 0. The highest BCUT2D eigenvalue weighted by molar-refractivity contribution is 6.01. The van der Waals surface area contributed by atoms with Crippen molar-refractivity contribution in [1.82, 2.24) is 14.8 Å². The van der Waals surface area contributed by atoms with Gasteiger partial charge in [0.1, 0.15) is 5.69 Å². The Hall–Kier alpha value is -1.85. The number of likely N-dealkylation sites (tertiary alicyclic amines) is 2. The van der Waals surface area contributed by atoms with Gasteiger partial charge in [-0.2, -0.15) is 0 Å². The number of hydrogen-bond donors (Lipinski definition) is 2. The van der Waals surface area contributed by atoms with E-state index < -0.39 is 0 Å². The quantitative estimate of drug-likeness (QED) is 0.871. The third-order valence-corrected chi connectivity index (χ3v) is 6.47. The number of H-pyrrole nitrogens is 1. The Labute approximate surface area is 161 Å². The summed E-state index contributed by atoms with van der Waals surface area (Å²) in [5, 5.41) is 11.0. The van der Waals surface area contributed by atoms with Gasteiger partial charge in [0, 0.05) is 43.1 Å². The summed E-state index contributed by atoms with van der Waals surface area (Å²) in [6.07, 6.45) is 5.20. The summed E-state index contributed by atoms with van der Waals surface area (Å²) < 4.78 is 0. The SMILES string of the molecule is Cc1c(C(=O)N2CC(CO)C(CN3CCCCCC3)C2)[nH]c2ccccc12. The fraction of sp³-hybridized carbons (Fsp3) is 0.591. The minimum absolute atomic E-state index is 0.0699. The molecule has 2 aromatic rings. The van der Waals surface area contributed by atoms with Crippen LogP contribution in [0.25, 0.3) is 10.9 Å². The molecule has 27 heavy (non-hydrogen) atoms. The van der Waals surface area contributed by atoms with Crippen LogP contribution in [0.5, 0.6) is 0 Å². The number of fused-ring (bicyclic) bond motifs is 1. The van der Waals surface area contributed by atoms with Crippen molar-refractivity contribution < 1.29 is 9.90 Å². The van der Waals surface area contributed by atoms with E-state index in [1.165, 1.54) is 25.7 Å². The number of hydrogen-bond acceptors (Lipinski definition) is 3. The van der Waals surface area contributed by atoms with E-state index >= 15 is 0 Å². The molecule has 0 radical (unpaired) electrons. The molecular formula is C22H31N3O2. The zero-order valence-corrected chi connectivity index (χ0v) is 16.3. The van der Waals surface area contributed by atoms with E-state index in [1.54, 1.807) is 0 Å². The van der Waals surface area contributed by atoms with Crippen LogP contribution in [-0.2, 0) is 0 Å². The van der Waals surface area contributed by atoms with Gasteiger partial charge in [-0.05, 0) is 50.4 Å². The predicted molar refractivity (Wildman–Crippen MR) is 108 cm³/mol. The van der Waals surface area contributed by atoms with Gasteiger partial charge in [0.05, 0.1) is 0 Å². The number of nitrogens with one attached hydrogen (secondary N) is 1. The standard InChI is InChI=1S/C22H31N3O2/c1-16-19-8-4-5-9-20(19)23-21(16)22(27)25-13-17(18(14-25)15-26)12-24-10-6-2-3-7-11-24/h4-5,8-9,17-18,23,26H,2-3,6-7,10-15H2,1H3. The number of aryl methyl sites for hydroxylation is 1. The molecule has 2 atom stereocenters. The van der Waals surface area contributed by atoms with Crippen LogP contribution >= 0.6 is 0 Å². The van der Waals surface area contributed by atoms with E-state index in [0.717, 1.165) is 42.6 Å². The summed E-state index contributed by atoms with van der Waals surface area (Å²) in [5.41, 5.74) is 2.73. The molecule has 146 valence electrons. The van der Waals surface area contributed by atoms with Crippen molar-refractivity contribution in [1.29, 1.82) is 0 Å². The average molecular weight is 370 g/mol. The van der Waals surface area contributed by atoms with E-state index in [2.05, 4.69) is 16.0 Å². The molecule has 2 unspecified atom stereocenters. The van der Waals surface area contributed by atoms with Crippen molar-refractivity contribution in [2.45, 2.75) is 32.6 Å². The Morgan fingerprint density at radius 1 is 1.11 bits per heavy atom. The second-order valence-electron chi connectivity index (χ2n) is 8.30. The van der Waals surface area contributed by atoms with Gasteiger partial charge in [0.25, 0.3) is 5.91 Å². The summed E-state index contributed by atoms with van der Waals surface area (Å²) in [7, 11) is 0. The maximum Gasteiger partial charge on any atom is 0.270 e. The van der Waals surface area contributed by atoms with Crippen molar-refractivity contribution in [3.8, 4) is 0 Å². The zero-order valence-electron chi connectivity index (χ0n) is 16.3. The van der Waals surface area contributed by atoms with E-state index in [9.17, 15) is 9.90 Å². The van der Waals surface area contributed by atoms with Gasteiger partial charge in [-0.15, -0.1) is 0 Å². The largest absolute Gasteiger partial charge is 0.396 e. The molecule has 5 heteroatoms. The molecule has 2 fully saturated rings. The van der Waals surface area contributed by atoms with E-state index in [1.807, 2.05) is 30.0 Å². The maximum absolute atomic E-state index is 13.2. The van der Waals surface area contributed by atoms with Crippen LogP contribution < -0.4 is 0 Å². The third-order valence-electron chi connectivity index (χ3n) is 6.47. The molecule has 5 nitrogen and oxygen atoms in total. The number of aliphatic hydroxyl groups excluding tert-OH is 1. The summed E-state index contributed by atoms with van der Waals surface area (Å²) in [6.45, 7) is 6.89. The van der Waals surface area contributed by atoms with Crippen molar-refractivity contribution in [3.63, 3.8) is 0 Å². The normalized spacial score (nSPS) is 24.4. The molecule has 3 heterocycles. The highest BCUT2D eigenvalue weighted by Gasteiger charge is 2.37. The van der Waals surface area contributed by atoms with Crippen LogP contribution in [0.15, 0.2) is 24.3 Å². The van der Waals surface area contributed by atoms with Crippen molar-refractivity contribution in [3.05, 3.63) is 35.5 Å². The van der Waals surface area contributed by atoms with E-state index in [-0.39, 0.29) is 18.4 Å². The highest BCUT2D eigenvalue weighted by Crippen LogP contribution is 2.29. The van der Waals surface area contributed by atoms with Crippen molar-refractivity contribution in [2.75, 3.05) is 39.3 Å². The number of aliphatic hydroxyl groups is 1. The number of nitrogens with zero attached hydrogens (tertiary/aromatic N) is 2. The van der Waals surface area contributed by atoms with E-state index in [4.69, 9.17) is 0 Å². The number of carbonyl (C=O) groups excluding carboxylic acids is 1. The molecule has 1 amide bonds. The molecule has 1 aromatic carbocycles. The smallest absolute Gasteiger partial charge is 0.270 e. The molecule has 2 saturated heterocycles. The number of para-hydroxylation sites is 1. The number of aromatic amines is 1. The predicted octanol–water partition coefficient (Wildman–Crippen LogP) is 3.03. The lowest BCUT2D eigenvalue weighted by atomic mass is 9.96. The van der Waals surface area contributed by atoms with Crippen LogP contribution in [-0.4, -0.2) is 65.1 Å². The lowest BCUT2D eigenvalue weighted by Crippen LogP contribution is -2.35. The van der Waals surface area contributed by atoms with Gasteiger partial charge in [-0.25, -0.2) is 0 Å². The number of carbonyl (C=O) groups is 1. The third kappa shape index (κ3) is 3.76. The first-order valence-corrected chi connectivity index (χ1v) is 10.4. The Morgan fingerprint density at radius 3 is 2.52 bits per heavy atom. The highest BCUT2D eigenvalue weighted by atomic mass is 16.3. The number of amides is 1. The van der Waals surface area contributed by atoms with Crippen LogP contribution in [0.3, 0.4) is 0 Å². The molecule has 0 saturated carbocycles. The topological polar surface area (TPSA) is 59.6 Å². The Bertz CT molecular complexity index is 792. The van der Waals surface area contributed by atoms with Gasteiger partial charge in [-0.1, -0.05) is 31.0 Å². The zero-order chi connectivity index (χ0) is 18.8. The number of rotatable bonds is 4. The van der Waals surface area contributed by atoms with Gasteiger partial charge in [0.15, 0.2) is 0 Å². The Balaban J connectivity index is 1.48. The second-order valence-corrected chi connectivity index (χ2v) is 8.30. The molecule has 1 aromatic heterocycles. The molecule has 2 N–H and O–H groups in total. The van der Waals surface area contributed by atoms with Gasteiger partial charge in [-0.3, -0.25) is 4.79 Å². The van der Waals surface area contributed by atoms with Crippen LogP contribution in [0.2, 0.25) is 0 Å². The molecule has 2 aliphatic rings. The minimum atomic E-state index is 0.0699. The summed E-state index contributed by atoms with van der Waals surface area (Å²) in [5.74, 6) is 0.615. The lowest BCUT2D eigenvalue weighted by Gasteiger charge is -2.26.